The number of fused-ring (bicyclic) bond motifs is 1. The van der Waals surface area contributed by atoms with Crippen molar-refractivity contribution in [1.82, 2.24) is 14.3 Å². The van der Waals surface area contributed by atoms with Gasteiger partial charge in [-0.1, -0.05) is 41.7 Å². The number of benzene rings is 1. The first-order valence-electron chi connectivity index (χ1n) is 8.60. The van der Waals surface area contributed by atoms with Gasteiger partial charge in [-0.15, -0.1) is 0 Å². The summed E-state index contributed by atoms with van der Waals surface area (Å²) in [6.45, 7) is 2.48. The maximum absolute atomic E-state index is 12.8. The van der Waals surface area contributed by atoms with Gasteiger partial charge in [-0.25, -0.2) is 18.4 Å². The van der Waals surface area contributed by atoms with Crippen molar-refractivity contribution in [2.75, 3.05) is 31.1 Å². The van der Waals surface area contributed by atoms with Crippen LogP contribution in [-0.4, -0.2) is 48.9 Å². The van der Waals surface area contributed by atoms with Gasteiger partial charge >= 0.3 is 0 Å². The molecule has 0 bridgehead atoms. The maximum atomic E-state index is 12.8. The van der Waals surface area contributed by atoms with Gasteiger partial charge in [0.2, 0.25) is 10.0 Å². The van der Waals surface area contributed by atoms with E-state index in [9.17, 15) is 8.42 Å². The molecule has 3 heterocycles. The number of thiazole rings is 1. The smallest absolute Gasteiger partial charge is 0.218 e. The minimum absolute atomic E-state index is 0.0545. The van der Waals surface area contributed by atoms with Gasteiger partial charge in [-0.05, 0) is 24.1 Å². The van der Waals surface area contributed by atoms with Crippen LogP contribution < -0.4 is 4.90 Å². The molecule has 8 heteroatoms. The number of pyridine rings is 1. The zero-order valence-corrected chi connectivity index (χ0v) is 15.9. The van der Waals surface area contributed by atoms with Gasteiger partial charge in [0, 0.05) is 32.4 Å². The Bertz CT molecular complexity index is 956. The van der Waals surface area contributed by atoms with Crippen molar-refractivity contribution in [3.8, 4) is 0 Å². The van der Waals surface area contributed by atoms with E-state index in [-0.39, 0.29) is 5.75 Å². The van der Waals surface area contributed by atoms with Crippen LogP contribution in [0.1, 0.15) is 12.0 Å². The normalized spacial score (nSPS) is 16.7. The summed E-state index contributed by atoms with van der Waals surface area (Å²) in [5.41, 5.74) is 1.72. The summed E-state index contributed by atoms with van der Waals surface area (Å²) in [7, 11) is -3.31. The predicted octanol–water partition coefficient (Wildman–Crippen LogP) is 2.73. The summed E-state index contributed by atoms with van der Waals surface area (Å²) < 4.78 is 27.2. The summed E-state index contributed by atoms with van der Waals surface area (Å²) >= 11 is 1.56. The molecule has 6 nitrogen and oxygen atoms in total. The number of aromatic nitrogens is 2. The number of hydrogen-bond acceptors (Lipinski definition) is 6. The molecule has 0 unspecified atom stereocenters. The van der Waals surface area contributed by atoms with Crippen molar-refractivity contribution >= 4 is 36.8 Å². The zero-order valence-electron chi connectivity index (χ0n) is 14.3. The highest BCUT2D eigenvalue weighted by atomic mass is 32.2. The second-order valence-electron chi connectivity index (χ2n) is 6.31. The summed E-state index contributed by atoms with van der Waals surface area (Å²) in [5, 5.41) is 0.918. The molecule has 0 spiro atoms. The molecular weight excluding hydrogens is 368 g/mol. The van der Waals surface area contributed by atoms with Crippen LogP contribution in [0.15, 0.2) is 48.7 Å². The fourth-order valence-electron chi connectivity index (χ4n) is 3.13. The quantitative estimate of drug-likeness (QED) is 0.688. The lowest BCUT2D eigenvalue weighted by Gasteiger charge is -2.21. The van der Waals surface area contributed by atoms with Crippen LogP contribution in [0.3, 0.4) is 0 Å². The lowest BCUT2D eigenvalue weighted by atomic mass is 10.2. The molecule has 26 heavy (non-hydrogen) atoms. The third kappa shape index (κ3) is 3.72. The van der Waals surface area contributed by atoms with Crippen LogP contribution in [0.25, 0.3) is 10.3 Å². The highest BCUT2D eigenvalue weighted by molar-refractivity contribution is 7.88. The number of nitrogens with zero attached hydrogens (tertiary/aromatic N) is 4. The van der Waals surface area contributed by atoms with Crippen LogP contribution >= 0.6 is 11.3 Å². The highest BCUT2D eigenvalue weighted by Crippen LogP contribution is 2.28. The molecule has 0 amide bonds. The molecule has 2 aromatic heterocycles. The summed E-state index contributed by atoms with van der Waals surface area (Å²) in [6, 6.07) is 13.2. The van der Waals surface area contributed by atoms with Crippen LogP contribution in [0, 0.1) is 0 Å². The molecule has 0 atom stereocenters. The van der Waals surface area contributed by atoms with Gasteiger partial charge in [-0.2, -0.15) is 4.31 Å². The first-order valence-corrected chi connectivity index (χ1v) is 11.0. The van der Waals surface area contributed by atoms with Crippen molar-refractivity contribution in [2.45, 2.75) is 12.2 Å². The molecule has 1 saturated heterocycles. The molecule has 0 N–H and O–H groups in total. The van der Waals surface area contributed by atoms with E-state index in [0.29, 0.717) is 19.6 Å². The van der Waals surface area contributed by atoms with Gasteiger partial charge in [-0.3, -0.25) is 0 Å². The lowest BCUT2D eigenvalue weighted by molar-refractivity contribution is 0.432. The fourth-order valence-corrected chi connectivity index (χ4v) is 5.66. The minimum Gasteiger partial charge on any atom is -0.347 e. The van der Waals surface area contributed by atoms with Crippen molar-refractivity contribution in [1.29, 1.82) is 0 Å². The number of sulfonamides is 1. The van der Waals surface area contributed by atoms with E-state index in [0.717, 1.165) is 34.0 Å². The van der Waals surface area contributed by atoms with Crippen LogP contribution in [-0.2, 0) is 15.8 Å². The van der Waals surface area contributed by atoms with Crippen molar-refractivity contribution in [3.05, 3.63) is 54.2 Å². The molecular formula is C18H20N4O2S2. The SMILES string of the molecule is O=S(=O)(Cc1ccccc1)N1CCCN(c2nc3cccnc3s2)CC1. The van der Waals surface area contributed by atoms with E-state index >= 15 is 0 Å². The van der Waals surface area contributed by atoms with Crippen LogP contribution in [0.4, 0.5) is 5.13 Å². The van der Waals surface area contributed by atoms with Gasteiger partial charge in [0.15, 0.2) is 5.13 Å². The summed E-state index contributed by atoms with van der Waals surface area (Å²) in [4.78, 5) is 12.1. The highest BCUT2D eigenvalue weighted by Gasteiger charge is 2.26. The number of anilines is 1. The predicted molar refractivity (Wildman–Crippen MR) is 105 cm³/mol. The maximum Gasteiger partial charge on any atom is 0.218 e. The van der Waals surface area contributed by atoms with Gasteiger partial charge in [0.25, 0.3) is 0 Å². The Morgan fingerprint density at radius 1 is 1.00 bits per heavy atom. The van der Waals surface area contributed by atoms with E-state index in [2.05, 4.69) is 14.9 Å². The molecule has 4 rings (SSSR count). The Labute approximate surface area is 157 Å². The number of rotatable bonds is 4. The lowest BCUT2D eigenvalue weighted by Crippen LogP contribution is -2.36. The molecule has 1 aromatic carbocycles. The van der Waals surface area contributed by atoms with E-state index in [4.69, 9.17) is 0 Å². The number of hydrogen-bond donors (Lipinski definition) is 0. The second-order valence-corrected chi connectivity index (χ2v) is 9.23. The Morgan fingerprint density at radius 3 is 2.65 bits per heavy atom. The van der Waals surface area contributed by atoms with Crippen LogP contribution in [0.5, 0.6) is 0 Å². The molecule has 1 fully saturated rings. The molecule has 0 radical (unpaired) electrons. The molecule has 1 aliphatic rings. The van der Waals surface area contributed by atoms with E-state index in [1.54, 1.807) is 21.8 Å². The van der Waals surface area contributed by atoms with Gasteiger partial charge in [0.05, 0.1) is 5.75 Å². The monoisotopic (exact) mass is 388 g/mol. The Kier molecular flexibility index (Phi) is 4.88. The Morgan fingerprint density at radius 2 is 1.85 bits per heavy atom. The third-order valence-corrected chi connectivity index (χ3v) is 7.36. The molecule has 0 saturated carbocycles. The fraction of sp³-hybridized carbons (Fsp3) is 0.333. The van der Waals surface area contributed by atoms with Crippen LogP contribution in [0.2, 0.25) is 0 Å². The Hall–Kier alpha value is -2.03. The molecule has 0 aliphatic carbocycles. The van der Waals surface area contributed by atoms with Crippen molar-refractivity contribution < 1.29 is 8.42 Å². The van der Waals surface area contributed by atoms with Gasteiger partial charge in [0.1, 0.15) is 10.3 Å². The van der Waals surface area contributed by atoms with E-state index < -0.39 is 10.0 Å². The summed E-state index contributed by atoms with van der Waals surface area (Å²) in [6.07, 6.45) is 2.56. The van der Waals surface area contributed by atoms with E-state index in [1.807, 2.05) is 42.5 Å². The second kappa shape index (κ2) is 7.30. The topological polar surface area (TPSA) is 66.4 Å². The average Bonchev–Trinajstić information content (AvgIpc) is 2.90. The van der Waals surface area contributed by atoms with Crippen molar-refractivity contribution in [2.24, 2.45) is 0 Å². The van der Waals surface area contributed by atoms with E-state index in [1.165, 1.54) is 0 Å². The minimum atomic E-state index is -3.31. The third-order valence-electron chi connectivity index (χ3n) is 4.47. The Balaban J connectivity index is 1.47. The van der Waals surface area contributed by atoms with Crippen molar-refractivity contribution in [3.63, 3.8) is 0 Å². The first kappa shape index (κ1) is 17.4. The standard InChI is InChI=1S/C18H20N4O2S2/c23-26(24,14-15-6-2-1-3-7-15)22-11-5-10-21(12-13-22)18-20-16-8-4-9-19-17(16)25-18/h1-4,6-9H,5,10-14H2. The first-order chi connectivity index (χ1) is 12.6. The zero-order chi connectivity index (χ0) is 18.0. The molecule has 136 valence electrons. The molecule has 3 aromatic rings. The molecule has 1 aliphatic heterocycles. The largest absolute Gasteiger partial charge is 0.347 e. The average molecular weight is 389 g/mol. The van der Waals surface area contributed by atoms with Gasteiger partial charge < -0.3 is 4.90 Å². The summed E-state index contributed by atoms with van der Waals surface area (Å²) in [5.74, 6) is 0.0545.